The molecule has 0 saturated carbocycles. The van der Waals surface area contributed by atoms with Crippen LogP contribution in [-0.2, 0) is 21.4 Å². The molecule has 0 aromatic carbocycles. The van der Waals surface area contributed by atoms with Crippen LogP contribution in [0.5, 0.6) is 0 Å². The van der Waals surface area contributed by atoms with Crippen LogP contribution in [0.2, 0.25) is 0 Å². The zero-order chi connectivity index (χ0) is 15.3. The van der Waals surface area contributed by atoms with Gasteiger partial charge in [-0.05, 0) is 30.4 Å². The molecule has 1 amide bonds. The van der Waals surface area contributed by atoms with Gasteiger partial charge in [-0.2, -0.15) is 8.42 Å². The summed E-state index contributed by atoms with van der Waals surface area (Å²) in [5.41, 5.74) is 0.882. The first-order chi connectivity index (χ1) is 9.94. The van der Waals surface area contributed by atoms with Crippen molar-refractivity contribution in [3.8, 4) is 0 Å². The number of nitrogens with one attached hydrogen (secondary N) is 1. The fraction of sp³-hybridized carbons (Fsp3) is 0.538. The third kappa shape index (κ3) is 5.41. The molecule has 21 heavy (non-hydrogen) atoms. The smallest absolute Gasteiger partial charge is 0.274 e. The van der Waals surface area contributed by atoms with Crippen molar-refractivity contribution in [3.05, 3.63) is 30.1 Å². The van der Waals surface area contributed by atoms with Crippen LogP contribution in [0.15, 0.2) is 24.5 Å². The van der Waals surface area contributed by atoms with Gasteiger partial charge in [0.2, 0.25) is 5.91 Å². The second kappa shape index (κ2) is 6.97. The topological polar surface area (TPSA) is 105 Å². The van der Waals surface area contributed by atoms with Gasteiger partial charge in [-0.25, -0.2) is 9.86 Å². The van der Waals surface area contributed by atoms with Crippen LogP contribution in [0.25, 0.3) is 0 Å². The quantitative estimate of drug-likeness (QED) is 0.775. The van der Waals surface area contributed by atoms with Gasteiger partial charge < -0.3 is 4.90 Å². The summed E-state index contributed by atoms with van der Waals surface area (Å²) in [6.07, 6.45) is 5.43. The zero-order valence-corrected chi connectivity index (χ0v) is 12.6. The SMILES string of the molecule is NS(=O)(=O)NCC1CCCN(C(=O)Cc2cccnc2)C1. The molecule has 0 bridgehead atoms. The number of nitrogens with zero attached hydrogens (tertiary/aromatic N) is 2. The molecule has 7 nitrogen and oxygen atoms in total. The molecule has 1 aliphatic heterocycles. The Morgan fingerprint density at radius 3 is 3.00 bits per heavy atom. The van der Waals surface area contributed by atoms with Crippen molar-refractivity contribution in [3.63, 3.8) is 0 Å². The number of likely N-dealkylation sites (tertiary alicyclic amines) is 1. The van der Waals surface area contributed by atoms with Crippen molar-refractivity contribution < 1.29 is 13.2 Å². The summed E-state index contributed by atoms with van der Waals surface area (Å²) in [5.74, 6) is 0.151. The molecule has 116 valence electrons. The molecule has 1 aliphatic rings. The molecule has 0 radical (unpaired) electrons. The van der Waals surface area contributed by atoms with E-state index < -0.39 is 10.2 Å². The molecule has 1 saturated heterocycles. The summed E-state index contributed by atoms with van der Waals surface area (Å²) < 4.78 is 24.1. The predicted molar refractivity (Wildman–Crippen MR) is 78.4 cm³/mol. The minimum absolute atomic E-state index is 0.0447. The van der Waals surface area contributed by atoms with Crippen molar-refractivity contribution in [1.29, 1.82) is 0 Å². The Kier molecular flexibility index (Phi) is 5.27. The van der Waals surface area contributed by atoms with Crippen LogP contribution < -0.4 is 9.86 Å². The first kappa shape index (κ1) is 15.9. The standard InChI is InChI=1S/C13H20N4O3S/c14-21(19,20)16-9-12-4-2-6-17(10-12)13(18)7-11-3-1-5-15-8-11/h1,3,5,8,12,16H,2,4,6-7,9-10H2,(H2,14,19,20). The first-order valence-electron chi connectivity index (χ1n) is 6.88. The normalized spacial score (nSPS) is 19.5. The van der Waals surface area contributed by atoms with Gasteiger partial charge in [0.05, 0.1) is 6.42 Å². The molecule has 0 aliphatic carbocycles. The fourth-order valence-corrected chi connectivity index (χ4v) is 2.95. The third-order valence-electron chi connectivity index (χ3n) is 3.52. The van der Waals surface area contributed by atoms with Crippen LogP contribution in [-0.4, -0.2) is 43.8 Å². The van der Waals surface area contributed by atoms with Gasteiger partial charge >= 0.3 is 0 Å². The third-order valence-corrected chi connectivity index (χ3v) is 4.09. The number of nitrogens with two attached hydrogens (primary N) is 1. The minimum Gasteiger partial charge on any atom is -0.342 e. The fourth-order valence-electron chi connectivity index (χ4n) is 2.48. The second-order valence-corrected chi connectivity index (χ2v) is 6.66. The van der Waals surface area contributed by atoms with Crippen molar-refractivity contribution in [1.82, 2.24) is 14.6 Å². The molecule has 2 rings (SSSR count). The lowest BCUT2D eigenvalue weighted by Crippen LogP contribution is -2.45. The molecule has 1 unspecified atom stereocenters. The van der Waals surface area contributed by atoms with Gasteiger partial charge in [0.15, 0.2) is 0 Å². The Hall–Kier alpha value is -1.51. The number of piperidine rings is 1. The predicted octanol–water partition coefficient (Wildman–Crippen LogP) is -0.344. The molecular formula is C13H20N4O3S. The Labute approximate surface area is 124 Å². The largest absolute Gasteiger partial charge is 0.342 e. The summed E-state index contributed by atoms with van der Waals surface area (Å²) >= 11 is 0. The van der Waals surface area contributed by atoms with E-state index in [1.54, 1.807) is 23.4 Å². The lowest BCUT2D eigenvalue weighted by molar-refractivity contribution is -0.132. The molecule has 3 N–H and O–H groups in total. The minimum atomic E-state index is -3.67. The number of carbonyl (C=O) groups is 1. The van der Waals surface area contributed by atoms with Gasteiger partial charge in [0.1, 0.15) is 0 Å². The second-order valence-electron chi connectivity index (χ2n) is 5.28. The van der Waals surface area contributed by atoms with Gasteiger partial charge in [0, 0.05) is 32.0 Å². The summed E-state index contributed by atoms with van der Waals surface area (Å²) in [5, 5.41) is 4.92. The lowest BCUT2D eigenvalue weighted by atomic mass is 9.98. The average molecular weight is 312 g/mol. The van der Waals surface area contributed by atoms with Crippen LogP contribution in [0.1, 0.15) is 18.4 Å². The number of amides is 1. The van der Waals surface area contributed by atoms with Crippen LogP contribution in [0, 0.1) is 5.92 Å². The highest BCUT2D eigenvalue weighted by Crippen LogP contribution is 2.17. The molecule has 1 aromatic heterocycles. The number of hydrogen-bond acceptors (Lipinski definition) is 4. The number of aromatic nitrogens is 1. The van der Waals surface area contributed by atoms with Gasteiger partial charge in [-0.15, -0.1) is 0 Å². The Morgan fingerprint density at radius 2 is 2.33 bits per heavy atom. The summed E-state index contributed by atoms with van der Waals surface area (Å²) in [6, 6.07) is 3.67. The van der Waals surface area contributed by atoms with Crippen molar-refractivity contribution >= 4 is 16.1 Å². The average Bonchev–Trinajstić information content (AvgIpc) is 2.46. The van der Waals surface area contributed by atoms with Gasteiger partial charge in [-0.1, -0.05) is 6.07 Å². The number of carbonyl (C=O) groups excluding carboxylic acids is 1. The maximum absolute atomic E-state index is 12.2. The zero-order valence-electron chi connectivity index (χ0n) is 11.7. The molecule has 8 heteroatoms. The Morgan fingerprint density at radius 1 is 1.52 bits per heavy atom. The number of hydrogen-bond donors (Lipinski definition) is 2. The van der Waals surface area contributed by atoms with Gasteiger partial charge in [0.25, 0.3) is 10.2 Å². The van der Waals surface area contributed by atoms with E-state index in [9.17, 15) is 13.2 Å². The van der Waals surface area contributed by atoms with E-state index in [1.165, 1.54) is 0 Å². The first-order valence-corrected chi connectivity index (χ1v) is 8.43. The van der Waals surface area contributed by atoms with Crippen LogP contribution in [0.4, 0.5) is 0 Å². The highest BCUT2D eigenvalue weighted by Gasteiger charge is 2.24. The van der Waals surface area contributed by atoms with Crippen molar-refractivity contribution in [2.24, 2.45) is 11.1 Å². The van der Waals surface area contributed by atoms with E-state index in [0.717, 1.165) is 18.4 Å². The molecule has 2 heterocycles. The van der Waals surface area contributed by atoms with Crippen LogP contribution >= 0.6 is 0 Å². The maximum atomic E-state index is 12.2. The molecule has 1 atom stereocenters. The van der Waals surface area contributed by atoms with Gasteiger partial charge in [-0.3, -0.25) is 9.78 Å². The van der Waals surface area contributed by atoms with E-state index in [1.807, 2.05) is 6.07 Å². The molecule has 1 fully saturated rings. The Balaban J connectivity index is 1.87. The molecule has 0 spiro atoms. The van der Waals surface area contributed by atoms with E-state index >= 15 is 0 Å². The van der Waals surface area contributed by atoms with E-state index in [-0.39, 0.29) is 18.4 Å². The monoisotopic (exact) mass is 312 g/mol. The van der Waals surface area contributed by atoms with E-state index in [0.29, 0.717) is 19.5 Å². The van der Waals surface area contributed by atoms with E-state index in [2.05, 4.69) is 9.71 Å². The lowest BCUT2D eigenvalue weighted by Gasteiger charge is -2.32. The van der Waals surface area contributed by atoms with E-state index in [4.69, 9.17) is 5.14 Å². The summed E-state index contributed by atoms with van der Waals surface area (Å²) in [6.45, 7) is 1.54. The molecular weight excluding hydrogens is 292 g/mol. The number of pyridine rings is 1. The van der Waals surface area contributed by atoms with Crippen LogP contribution in [0.3, 0.4) is 0 Å². The maximum Gasteiger partial charge on any atom is 0.274 e. The van der Waals surface area contributed by atoms with Crippen molar-refractivity contribution in [2.75, 3.05) is 19.6 Å². The molecule has 1 aromatic rings. The highest BCUT2D eigenvalue weighted by molar-refractivity contribution is 7.87. The number of rotatable bonds is 5. The summed E-state index contributed by atoms with van der Waals surface area (Å²) in [4.78, 5) is 18.0. The highest BCUT2D eigenvalue weighted by atomic mass is 32.2. The van der Waals surface area contributed by atoms with Crippen molar-refractivity contribution in [2.45, 2.75) is 19.3 Å². The summed E-state index contributed by atoms with van der Waals surface area (Å²) in [7, 11) is -3.67. The Bertz CT molecular complexity index is 576.